The summed E-state index contributed by atoms with van der Waals surface area (Å²) >= 11 is 0. The summed E-state index contributed by atoms with van der Waals surface area (Å²) in [7, 11) is 0. The summed E-state index contributed by atoms with van der Waals surface area (Å²) in [6.45, 7) is 1.21. The zero-order chi connectivity index (χ0) is 23.1. The lowest BCUT2D eigenvalue weighted by Gasteiger charge is -2.30. The maximum absolute atomic E-state index is 13.6. The van der Waals surface area contributed by atoms with E-state index in [1.165, 1.54) is 12.1 Å². The summed E-state index contributed by atoms with van der Waals surface area (Å²) in [5, 5.41) is 4.48. The number of oxazole rings is 1. The zero-order valence-corrected chi connectivity index (χ0v) is 18.3. The van der Waals surface area contributed by atoms with E-state index in [1.807, 2.05) is 58.3 Å². The Morgan fingerprint density at radius 3 is 2.44 bits per heavy atom. The Morgan fingerprint density at radius 1 is 0.971 bits per heavy atom. The van der Waals surface area contributed by atoms with Crippen molar-refractivity contribution < 1.29 is 13.6 Å². The minimum Gasteiger partial charge on any atom is -0.440 e. The second kappa shape index (κ2) is 8.30. The number of nitrogens with zero attached hydrogens (tertiary/aromatic N) is 5. The number of carbonyl (C=O) groups excluding carboxylic acids is 1. The quantitative estimate of drug-likeness (QED) is 0.384. The highest BCUT2D eigenvalue weighted by Gasteiger charge is 2.30. The molecule has 34 heavy (non-hydrogen) atoms. The van der Waals surface area contributed by atoms with Crippen molar-refractivity contribution in [3.8, 4) is 11.5 Å². The predicted octanol–water partition coefficient (Wildman–Crippen LogP) is 4.96. The van der Waals surface area contributed by atoms with Gasteiger partial charge in [-0.25, -0.2) is 14.1 Å². The number of fused-ring (bicyclic) bond motifs is 1. The molecule has 2 aromatic carbocycles. The van der Waals surface area contributed by atoms with E-state index in [4.69, 9.17) is 4.42 Å². The highest BCUT2D eigenvalue weighted by molar-refractivity contribution is 5.97. The number of likely N-dealkylation sites (tertiary alicyclic amines) is 1. The van der Waals surface area contributed by atoms with Gasteiger partial charge >= 0.3 is 0 Å². The first-order valence-corrected chi connectivity index (χ1v) is 11.3. The number of carbonyl (C=O) groups is 1. The van der Waals surface area contributed by atoms with Crippen LogP contribution in [0.2, 0.25) is 0 Å². The molecule has 0 bridgehead atoms. The molecule has 0 radical (unpaired) electrons. The van der Waals surface area contributed by atoms with Crippen molar-refractivity contribution in [3.63, 3.8) is 0 Å². The summed E-state index contributed by atoms with van der Waals surface area (Å²) in [6.07, 6.45) is 6.89. The number of hydrogen-bond acceptors (Lipinski definition) is 4. The average molecular weight is 455 g/mol. The molecule has 1 aliphatic heterocycles. The summed E-state index contributed by atoms with van der Waals surface area (Å²) in [4.78, 5) is 20.1. The number of aromatic nitrogens is 4. The van der Waals surface area contributed by atoms with Crippen LogP contribution in [-0.2, 0) is 0 Å². The molecular formula is C26H22FN5O2. The van der Waals surface area contributed by atoms with Crippen molar-refractivity contribution in [2.45, 2.75) is 18.8 Å². The Balaban J connectivity index is 1.26. The Hall–Kier alpha value is -4.20. The second-order valence-electron chi connectivity index (χ2n) is 8.45. The van der Waals surface area contributed by atoms with Crippen LogP contribution >= 0.6 is 0 Å². The van der Waals surface area contributed by atoms with E-state index in [0.717, 1.165) is 29.8 Å². The van der Waals surface area contributed by atoms with Gasteiger partial charge in [-0.1, -0.05) is 12.1 Å². The summed E-state index contributed by atoms with van der Waals surface area (Å²) in [6, 6.07) is 17.6. The summed E-state index contributed by atoms with van der Waals surface area (Å²) in [5.74, 6) is 1.15. The third-order valence-corrected chi connectivity index (χ3v) is 6.34. The van der Waals surface area contributed by atoms with Crippen LogP contribution in [0.5, 0.6) is 0 Å². The average Bonchev–Trinajstić information content (AvgIpc) is 3.63. The van der Waals surface area contributed by atoms with E-state index < -0.39 is 0 Å². The maximum Gasteiger partial charge on any atom is 0.259 e. The third kappa shape index (κ3) is 3.57. The molecule has 1 saturated heterocycles. The van der Waals surface area contributed by atoms with Crippen molar-refractivity contribution in [1.29, 1.82) is 0 Å². The number of rotatable bonds is 4. The standard InChI is InChI=1S/C26H22FN5O2/c27-19-7-9-20(10-8-19)32-25(30-13-3-4-14-30)21(17-28-32)26(33)31-15-11-18(12-16-31)24-29-22-5-1-2-6-23(22)34-24/h1-10,13-14,17-18H,11-12,15-16H2. The molecule has 1 aliphatic rings. The van der Waals surface area contributed by atoms with Gasteiger partial charge in [-0.15, -0.1) is 0 Å². The fourth-order valence-electron chi connectivity index (χ4n) is 4.55. The van der Waals surface area contributed by atoms with Crippen LogP contribution in [-0.4, -0.2) is 43.2 Å². The molecule has 1 fully saturated rings. The Bertz CT molecular complexity index is 1410. The van der Waals surface area contributed by atoms with Crippen LogP contribution in [0.25, 0.3) is 22.6 Å². The number of halogens is 1. The molecule has 0 N–H and O–H groups in total. The molecule has 8 heteroatoms. The molecule has 0 atom stereocenters. The Morgan fingerprint density at radius 2 is 1.71 bits per heavy atom. The van der Waals surface area contributed by atoms with E-state index in [9.17, 15) is 9.18 Å². The summed E-state index contributed by atoms with van der Waals surface area (Å²) < 4.78 is 22.9. The molecule has 0 saturated carbocycles. The van der Waals surface area contributed by atoms with Gasteiger partial charge in [-0.05, 0) is 61.4 Å². The molecule has 0 unspecified atom stereocenters. The number of amides is 1. The topological polar surface area (TPSA) is 69.1 Å². The lowest BCUT2D eigenvalue weighted by molar-refractivity contribution is 0.0706. The number of benzene rings is 2. The molecule has 1 amide bonds. The first-order chi connectivity index (χ1) is 16.7. The zero-order valence-electron chi connectivity index (χ0n) is 18.3. The SMILES string of the molecule is O=C(c1cnn(-c2ccc(F)cc2)c1-n1cccc1)N1CCC(c2nc3ccccc3o2)CC1. The van der Waals surface area contributed by atoms with E-state index in [2.05, 4.69) is 10.1 Å². The molecule has 4 heterocycles. The lowest BCUT2D eigenvalue weighted by atomic mass is 9.96. The van der Waals surface area contributed by atoms with Gasteiger partial charge in [0.25, 0.3) is 5.91 Å². The van der Waals surface area contributed by atoms with Crippen molar-refractivity contribution in [3.05, 3.63) is 96.5 Å². The molecule has 170 valence electrons. The number of para-hydroxylation sites is 2. The molecular weight excluding hydrogens is 433 g/mol. The predicted molar refractivity (Wildman–Crippen MR) is 125 cm³/mol. The first-order valence-electron chi connectivity index (χ1n) is 11.3. The number of piperidine rings is 1. The van der Waals surface area contributed by atoms with Gasteiger partial charge in [-0.2, -0.15) is 5.10 Å². The molecule has 0 spiro atoms. The monoisotopic (exact) mass is 455 g/mol. The van der Waals surface area contributed by atoms with Crippen LogP contribution in [0.4, 0.5) is 4.39 Å². The van der Waals surface area contributed by atoms with Crippen molar-refractivity contribution in [2.75, 3.05) is 13.1 Å². The largest absolute Gasteiger partial charge is 0.440 e. The minimum absolute atomic E-state index is 0.0759. The fourth-order valence-corrected chi connectivity index (χ4v) is 4.55. The minimum atomic E-state index is -0.323. The van der Waals surface area contributed by atoms with Gasteiger partial charge in [0.1, 0.15) is 16.9 Å². The van der Waals surface area contributed by atoms with Gasteiger partial charge < -0.3 is 13.9 Å². The smallest absolute Gasteiger partial charge is 0.259 e. The van der Waals surface area contributed by atoms with E-state index in [0.29, 0.717) is 30.2 Å². The van der Waals surface area contributed by atoms with Gasteiger partial charge in [0.05, 0.1) is 11.9 Å². The van der Waals surface area contributed by atoms with Gasteiger partial charge in [0.2, 0.25) is 0 Å². The third-order valence-electron chi connectivity index (χ3n) is 6.34. The molecule has 7 nitrogen and oxygen atoms in total. The van der Waals surface area contributed by atoms with Crippen LogP contribution < -0.4 is 0 Å². The van der Waals surface area contributed by atoms with Crippen LogP contribution in [0.1, 0.15) is 35.0 Å². The van der Waals surface area contributed by atoms with Crippen molar-refractivity contribution >= 4 is 17.0 Å². The molecule has 5 aromatic rings. The van der Waals surface area contributed by atoms with Crippen LogP contribution in [0.3, 0.4) is 0 Å². The van der Waals surface area contributed by atoms with E-state index in [1.54, 1.807) is 23.0 Å². The Labute approximate surface area is 195 Å². The van der Waals surface area contributed by atoms with Gasteiger partial charge in [0, 0.05) is 31.4 Å². The lowest BCUT2D eigenvalue weighted by Crippen LogP contribution is -2.38. The van der Waals surface area contributed by atoms with Gasteiger partial charge in [0.15, 0.2) is 17.3 Å². The fraction of sp³-hybridized carbons (Fsp3) is 0.192. The van der Waals surface area contributed by atoms with Crippen molar-refractivity contribution in [1.82, 2.24) is 24.2 Å². The van der Waals surface area contributed by atoms with Crippen LogP contribution in [0.15, 0.2) is 83.7 Å². The van der Waals surface area contributed by atoms with Crippen LogP contribution in [0, 0.1) is 5.82 Å². The molecule has 0 aliphatic carbocycles. The second-order valence-corrected chi connectivity index (χ2v) is 8.45. The normalized spacial score (nSPS) is 14.7. The van der Waals surface area contributed by atoms with Crippen molar-refractivity contribution in [2.24, 2.45) is 0 Å². The molecule has 3 aromatic heterocycles. The van der Waals surface area contributed by atoms with Gasteiger partial charge in [-0.3, -0.25) is 4.79 Å². The highest BCUT2D eigenvalue weighted by Crippen LogP contribution is 2.31. The van der Waals surface area contributed by atoms with E-state index >= 15 is 0 Å². The first kappa shape index (κ1) is 20.4. The molecule has 6 rings (SSSR count). The van der Waals surface area contributed by atoms with E-state index in [-0.39, 0.29) is 17.6 Å². The number of hydrogen-bond donors (Lipinski definition) is 0. The maximum atomic E-state index is 13.6. The summed E-state index contributed by atoms with van der Waals surface area (Å²) in [5.41, 5.74) is 2.83. The highest BCUT2D eigenvalue weighted by atomic mass is 19.1. The Kier molecular flexibility index (Phi) is 4.98.